The number of nitrogens with zero attached hydrogens (tertiary/aromatic N) is 1. The summed E-state index contributed by atoms with van der Waals surface area (Å²) in [6, 6.07) is 3.80. The third kappa shape index (κ3) is 4.66. The van der Waals surface area contributed by atoms with Crippen LogP contribution in [0.3, 0.4) is 0 Å². The van der Waals surface area contributed by atoms with Crippen LogP contribution < -0.4 is 11.1 Å². The molecule has 0 fully saturated rings. The first-order chi connectivity index (χ1) is 8.15. The van der Waals surface area contributed by atoms with Crippen LogP contribution in [0.25, 0.3) is 0 Å². The molecule has 5 heteroatoms. The van der Waals surface area contributed by atoms with Gasteiger partial charge in [0.15, 0.2) is 0 Å². The molecule has 0 aliphatic heterocycles. The van der Waals surface area contributed by atoms with Crippen LogP contribution in [-0.4, -0.2) is 29.7 Å². The first-order valence-electron chi connectivity index (χ1n) is 5.74. The topological polar surface area (TPSA) is 60.2 Å². The van der Waals surface area contributed by atoms with Gasteiger partial charge in [0, 0.05) is 25.5 Å². The lowest BCUT2D eigenvalue weighted by molar-refractivity contribution is 0.147. The molecule has 0 radical (unpaired) electrons. The Labute approximate surface area is 108 Å². The highest BCUT2D eigenvalue weighted by Gasteiger charge is 2.06. The molecule has 0 spiro atoms. The maximum atomic E-state index is 5.64. The van der Waals surface area contributed by atoms with Crippen LogP contribution >= 0.6 is 12.2 Å². The van der Waals surface area contributed by atoms with Crippen molar-refractivity contribution in [3.05, 3.63) is 23.4 Å². The number of nitrogens with two attached hydrogens (primary N) is 1. The Kier molecular flexibility index (Phi) is 5.86. The number of thiocarbonyl (C=S) groups is 1. The van der Waals surface area contributed by atoms with Gasteiger partial charge >= 0.3 is 0 Å². The highest BCUT2D eigenvalue weighted by atomic mass is 32.1. The van der Waals surface area contributed by atoms with E-state index in [9.17, 15) is 0 Å². The van der Waals surface area contributed by atoms with Crippen molar-refractivity contribution < 1.29 is 4.74 Å². The number of aryl methyl sites for hydroxylation is 1. The van der Waals surface area contributed by atoms with E-state index < -0.39 is 0 Å². The Morgan fingerprint density at radius 2 is 2.29 bits per heavy atom. The van der Waals surface area contributed by atoms with Crippen molar-refractivity contribution in [1.82, 2.24) is 4.98 Å². The van der Waals surface area contributed by atoms with Crippen molar-refractivity contribution in [2.24, 2.45) is 5.73 Å². The van der Waals surface area contributed by atoms with Crippen LogP contribution in [0, 0.1) is 6.92 Å². The third-order valence-electron chi connectivity index (χ3n) is 2.26. The standard InChI is InChI=1S/C12H19N3OS/c1-3-16-8-4-7-14-12-10(11(13)17)6-5-9(2)15-12/h5-6H,3-4,7-8H2,1-2H3,(H2,13,17)(H,14,15). The minimum atomic E-state index is 0.366. The molecule has 0 aromatic carbocycles. The van der Waals surface area contributed by atoms with Gasteiger partial charge in [0.25, 0.3) is 0 Å². The van der Waals surface area contributed by atoms with E-state index in [0.29, 0.717) is 4.99 Å². The number of aromatic nitrogens is 1. The minimum absolute atomic E-state index is 0.366. The lowest BCUT2D eigenvalue weighted by Gasteiger charge is -2.10. The van der Waals surface area contributed by atoms with Crippen LogP contribution in [0.4, 0.5) is 5.82 Å². The molecule has 1 rings (SSSR count). The Bertz CT molecular complexity index is 382. The van der Waals surface area contributed by atoms with E-state index in [4.69, 9.17) is 22.7 Å². The van der Waals surface area contributed by atoms with Gasteiger partial charge in [0.2, 0.25) is 0 Å². The fourth-order valence-corrected chi connectivity index (χ4v) is 1.58. The van der Waals surface area contributed by atoms with Gasteiger partial charge in [0.1, 0.15) is 10.8 Å². The predicted octanol–water partition coefficient (Wildman–Crippen LogP) is 1.86. The van der Waals surface area contributed by atoms with Gasteiger partial charge < -0.3 is 15.8 Å². The highest BCUT2D eigenvalue weighted by molar-refractivity contribution is 7.80. The van der Waals surface area contributed by atoms with Gasteiger partial charge in [-0.15, -0.1) is 0 Å². The summed E-state index contributed by atoms with van der Waals surface area (Å²) >= 11 is 4.99. The summed E-state index contributed by atoms with van der Waals surface area (Å²) in [5.74, 6) is 0.758. The van der Waals surface area contributed by atoms with E-state index >= 15 is 0 Å². The molecule has 0 bridgehead atoms. The smallest absolute Gasteiger partial charge is 0.136 e. The summed E-state index contributed by atoms with van der Waals surface area (Å²) in [4.78, 5) is 4.76. The zero-order valence-electron chi connectivity index (χ0n) is 10.3. The maximum absolute atomic E-state index is 5.64. The van der Waals surface area contributed by atoms with Crippen molar-refractivity contribution in [1.29, 1.82) is 0 Å². The number of hydrogen-bond acceptors (Lipinski definition) is 4. The van der Waals surface area contributed by atoms with Crippen molar-refractivity contribution in [2.45, 2.75) is 20.3 Å². The highest BCUT2D eigenvalue weighted by Crippen LogP contribution is 2.13. The summed E-state index contributed by atoms with van der Waals surface area (Å²) in [7, 11) is 0. The molecule has 0 aliphatic rings. The van der Waals surface area contributed by atoms with Crippen LogP contribution in [0.2, 0.25) is 0 Å². The second-order valence-electron chi connectivity index (χ2n) is 3.69. The summed E-state index contributed by atoms with van der Waals surface area (Å²) in [6.07, 6.45) is 0.931. The monoisotopic (exact) mass is 253 g/mol. The van der Waals surface area contributed by atoms with E-state index in [0.717, 1.165) is 43.3 Å². The predicted molar refractivity (Wildman–Crippen MR) is 74.5 cm³/mol. The van der Waals surface area contributed by atoms with E-state index in [2.05, 4.69) is 10.3 Å². The van der Waals surface area contributed by atoms with Gasteiger partial charge in [-0.3, -0.25) is 0 Å². The second kappa shape index (κ2) is 7.19. The molecule has 0 aliphatic carbocycles. The second-order valence-corrected chi connectivity index (χ2v) is 4.13. The molecule has 4 nitrogen and oxygen atoms in total. The molecule has 94 valence electrons. The summed E-state index contributed by atoms with van der Waals surface area (Å²) < 4.78 is 5.26. The summed E-state index contributed by atoms with van der Waals surface area (Å²) in [5.41, 5.74) is 7.38. The molecule has 1 aromatic heterocycles. The Morgan fingerprint density at radius 3 is 2.94 bits per heavy atom. The zero-order chi connectivity index (χ0) is 12.7. The molecule has 1 aromatic rings. The lowest BCUT2D eigenvalue weighted by atomic mass is 10.2. The Hall–Kier alpha value is -1.20. The van der Waals surface area contributed by atoms with Gasteiger partial charge in [-0.2, -0.15) is 0 Å². The molecule has 0 unspecified atom stereocenters. The molecule has 0 saturated carbocycles. The maximum Gasteiger partial charge on any atom is 0.136 e. The van der Waals surface area contributed by atoms with Crippen LogP contribution in [0.15, 0.2) is 12.1 Å². The minimum Gasteiger partial charge on any atom is -0.389 e. The summed E-state index contributed by atoms with van der Waals surface area (Å²) in [6.45, 7) is 6.22. The molecule has 17 heavy (non-hydrogen) atoms. The number of hydrogen-bond donors (Lipinski definition) is 2. The van der Waals surface area contributed by atoms with E-state index in [1.165, 1.54) is 0 Å². The number of rotatable bonds is 7. The SMILES string of the molecule is CCOCCCNc1nc(C)ccc1C(N)=S. The Balaban J connectivity index is 2.56. The molecule has 1 heterocycles. The van der Waals surface area contributed by atoms with Crippen LogP contribution in [0.5, 0.6) is 0 Å². The number of pyridine rings is 1. The fraction of sp³-hybridized carbons (Fsp3) is 0.500. The normalized spacial score (nSPS) is 10.2. The Morgan fingerprint density at radius 1 is 1.53 bits per heavy atom. The average molecular weight is 253 g/mol. The third-order valence-corrected chi connectivity index (χ3v) is 2.48. The van der Waals surface area contributed by atoms with Crippen molar-refractivity contribution in [2.75, 3.05) is 25.1 Å². The first-order valence-corrected chi connectivity index (χ1v) is 6.15. The van der Waals surface area contributed by atoms with E-state index in [1.54, 1.807) is 0 Å². The van der Waals surface area contributed by atoms with Crippen molar-refractivity contribution in [3.63, 3.8) is 0 Å². The summed E-state index contributed by atoms with van der Waals surface area (Å²) in [5, 5.41) is 3.24. The number of ether oxygens (including phenoxy) is 1. The van der Waals surface area contributed by atoms with Crippen LogP contribution in [0.1, 0.15) is 24.6 Å². The van der Waals surface area contributed by atoms with E-state index in [1.807, 2.05) is 26.0 Å². The number of nitrogens with one attached hydrogen (secondary N) is 1. The van der Waals surface area contributed by atoms with Gasteiger partial charge in [-0.05, 0) is 32.4 Å². The van der Waals surface area contributed by atoms with Gasteiger partial charge in [0.05, 0.1) is 5.56 Å². The van der Waals surface area contributed by atoms with Gasteiger partial charge in [-0.1, -0.05) is 12.2 Å². The molecular formula is C12H19N3OS. The average Bonchev–Trinajstić information content (AvgIpc) is 2.28. The van der Waals surface area contributed by atoms with E-state index in [-0.39, 0.29) is 0 Å². The van der Waals surface area contributed by atoms with Gasteiger partial charge in [-0.25, -0.2) is 4.98 Å². The zero-order valence-corrected chi connectivity index (χ0v) is 11.1. The largest absolute Gasteiger partial charge is 0.389 e. The molecule has 3 N–H and O–H groups in total. The number of anilines is 1. The molecule has 0 amide bonds. The molecule has 0 saturated heterocycles. The molecule has 0 atom stereocenters. The van der Waals surface area contributed by atoms with Crippen molar-refractivity contribution >= 4 is 23.0 Å². The first kappa shape index (κ1) is 13.9. The van der Waals surface area contributed by atoms with Crippen LogP contribution in [-0.2, 0) is 4.74 Å². The lowest BCUT2D eigenvalue weighted by Crippen LogP contribution is -2.16. The molecular weight excluding hydrogens is 234 g/mol. The van der Waals surface area contributed by atoms with Crippen molar-refractivity contribution in [3.8, 4) is 0 Å². The fourth-order valence-electron chi connectivity index (χ4n) is 1.42. The quantitative estimate of drug-likeness (QED) is 0.574.